The number of rotatable bonds is 4. The SMILES string of the molecule is N#Cc1ccc(F)c(COc2ccc(Br)cc2CBr)c1. The van der Waals surface area contributed by atoms with Crippen molar-refractivity contribution in [1.29, 1.82) is 5.26 Å². The van der Waals surface area contributed by atoms with Crippen LogP contribution < -0.4 is 4.74 Å². The van der Waals surface area contributed by atoms with Gasteiger partial charge in [-0.05, 0) is 36.4 Å². The molecule has 0 unspecified atom stereocenters. The molecule has 0 aromatic heterocycles. The lowest BCUT2D eigenvalue weighted by Crippen LogP contribution is -2.01. The van der Waals surface area contributed by atoms with Crippen LogP contribution in [0.15, 0.2) is 40.9 Å². The Labute approximate surface area is 133 Å². The molecule has 20 heavy (non-hydrogen) atoms. The second kappa shape index (κ2) is 6.87. The van der Waals surface area contributed by atoms with Crippen LogP contribution in [0.2, 0.25) is 0 Å². The highest BCUT2D eigenvalue weighted by atomic mass is 79.9. The van der Waals surface area contributed by atoms with Crippen molar-refractivity contribution >= 4 is 31.9 Å². The molecular weight excluding hydrogens is 389 g/mol. The van der Waals surface area contributed by atoms with Gasteiger partial charge >= 0.3 is 0 Å². The topological polar surface area (TPSA) is 33.0 Å². The molecule has 0 atom stereocenters. The van der Waals surface area contributed by atoms with E-state index < -0.39 is 0 Å². The molecule has 0 aliphatic carbocycles. The average Bonchev–Trinajstić information content (AvgIpc) is 2.47. The van der Waals surface area contributed by atoms with Crippen molar-refractivity contribution in [1.82, 2.24) is 0 Å². The summed E-state index contributed by atoms with van der Waals surface area (Å²) >= 11 is 6.78. The zero-order valence-electron chi connectivity index (χ0n) is 10.4. The van der Waals surface area contributed by atoms with E-state index in [0.29, 0.717) is 22.2 Å². The van der Waals surface area contributed by atoms with E-state index in [1.807, 2.05) is 24.3 Å². The largest absolute Gasteiger partial charge is 0.488 e. The number of benzene rings is 2. The molecule has 0 amide bonds. The summed E-state index contributed by atoms with van der Waals surface area (Å²) in [5, 5.41) is 9.47. The van der Waals surface area contributed by atoms with Crippen LogP contribution in [0.3, 0.4) is 0 Å². The van der Waals surface area contributed by atoms with Crippen LogP contribution in [0.4, 0.5) is 4.39 Å². The molecule has 0 saturated carbocycles. The summed E-state index contributed by atoms with van der Waals surface area (Å²) in [6.45, 7) is 0.0863. The second-order valence-corrected chi connectivity index (χ2v) is 5.57. The number of ether oxygens (including phenoxy) is 1. The van der Waals surface area contributed by atoms with Gasteiger partial charge in [-0.3, -0.25) is 0 Å². The highest BCUT2D eigenvalue weighted by Gasteiger charge is 2.07. The summed E-state index contributed by atoms with van der Waals surface area (Å²) in [5.41, 5.74) is 1.75. The fourth-order valence-corrected chi connectivity index (χ4v) is 2.55. The first kappa shape index (κ1) is 15.0. The summed E-state index contributed by atoms with van der Waals surface area (Å²) < 4.78 is 20.3. The molecule has 0 saturated heterocycles. The molecule has 0 aliphatic rings. The third kappa shape index (κ3) is 3.59. The molecule has 0 spiro atoms. The standard InChI is InChI=1S/C15H10Br2FNO/c16-7-11-6-13(17)2-4-15(11)20-9-12-5-10(8-19)1-3-14(12)18/h1-6H,7,9H2. The lowest BCUT2D eigenvalue weighted by atomic mass is 10.1. The number of hydrogen-bond acceptors (Lipinski definition) is 2. The smallest absolute Gasteiger partial charge is 0.129 e. The van der Waals surface area contributed by atoms with Crippen molar-refractivity contribution < 1.29 is 9.13 Å². The lowest BCUT2D eigenvalue weighted by molar-refractivity contribution is 0.297. The van der Waals surface area contributed by atoms with Gasteiger partial charge in [0, 0.05) is 20.9 Å². The van der Waals surface area contributed by atoms with Gasteiger partial charge in [0.1, 0.15) is 18.2 Å². The number of alkyl halides is 1. The maximum atomic E-state index is 13.6. The fraction of sp³-hybridized carbons (Fsp3) is 0.133. The highest BCUT2D eigenvalue weighted by molar-refractivity contribution is 9.10. The zero-order valence-corrected chi connectivity index (χ0v) is 13.5. The van der Waals surface area contributed by atoms with Crippen molar-refractivity contribution in [2.75, 3.05) is 0 Å². The number of halogens is 3. The third-order valence-electron chi connectivity index (χ3n) is 2.72. The van der Waals surface area contributed by atoms with Crippen molar-refractivity contribution in [2.24, 2.45) is 0 Å². The van der Waals surface area contributed by atoms with E-state index in [-0.39, 0.29) is 12.4 Å². The van der Waals surface area contributed by atoms with Crippen LogP contribution >= 0.6 is 31.9 Å². The minimum atomic E-state index is -0.374. The Bertz CT molecular complexity index is 667. The molecule has 0 N–H and O–H groups in total. The first-order valence-electron chi connectivity index (χ1n) is 5.79. The monoisotopic (exact) mass is 397 g/mol. The van der Waals surface area contributed by atoms with Crippen molar-refractivity contribution in [3.05, 3.63) is 63.4 Å². The maximum absolute atomic E-state index is 13.6. The van der Waals surface area contributed by atoms with E-state index in [2.05, 4.69) is 31.9 Å². The molecule has 2 aromatic carbocycles. The number of nitriles is 1. The van der Waals surface area contributed by atoms with E-state index in [1.54, 1.807) is 0 Å². The molecule has 2 nitrogen and oxygen atoms in total. The zero-order chi connectivity index (χ0) is 14.5. The normalized spacial score (nSPS) is 10.1. The van der Waals surface area contributed by atoms with E-state index in [0.717, 1.165) is 10.0 Å². The minimum absolute atomic E-state index is 0.0863. The van der Waals surface area contributed by atoms with Gasteiger partial charge in [-0.2, -0.15) is 5.26 Å². The Morgan fingerprint density at radius 3 is 2.65 bits per heavy atom. The van der Waals surface area contributed by atoms with Gasteiger partial charge in [0.25, 0.3) is 0 Å². The lowest BCUT2D eigenvalue weighted by Gasteiger charge is -2.11. The van der Waals surface area contributed by atoms with Crippen LogP contribution in [0.1, 0.15) is 16.7 Å². The van der Waals surface area contributed by atoms with Crippen LogP contribution in [0.25, 0.3) is 0 Å². The fourth-order valence-electron chi connectivity index (χ4n) is 1.70. The second-order valence-electron chi connectivity index (χ2n) is 4.09. The minimum Gasteiger partial charge on any atom is -0.488 e. The molecule has 0 bridgehead atoms. The Hall–Kier alpha value is -1.38. The molecule has 0 aliphatic heterocycles. The van der Waals surface area contributed by atoms with Crippen LogP contribution in [-0.4, -0.2) is 0 Å². The Kier molecular flexibility index (Phi) is 5.16. The molecule has 0 radical (unpaired) electrons. The van der Waals surface area contributed by atoms with Crippen molar-refractivity contribution in [3.63, 3.8) is 0 Å². The van der Waals surface area contributed by atoms with Crippen molar-refractivity contribution in [3.8, 4) is 11.8 Å². The first-order valence-corrected chi connectivity index (χ1v) is 7.71. The van der Waals surface area contributed by atoms with E-state index in [9.17, 15) is 4.39 Å². The highest BCUT2D eigenvalue weighted by Crippen LogP contribution is 2.26. The molecule has 0 heterocycles. The van der Waals surface area contributed by atoms with E-state index in [4.69, 9.17) is 10.00 Å². The van der Waals surface area contributed by atoms with Gasteiger partial charge < -0.3 is 4.74 Å². The molecule has 0 fully saturated rings. The van der Waals surface area contributed by atoms with Gasteiger partial charge in [-0.25, -0.2) is 4.39 Å². The number of nitrogens with zero attached hydrogens (tertiary/aromatic N) is 1. The predicted octanol–water partition coefficient (Wildman–Crippen LogP) is 4.93. The Morgan fingerprint density at radius 1 is 1.15 bits per heavy atom. The Balaban J connectivity index is 2.19. The first-order chi connectivity index (χ1) is 9.63. The van der Waals surface area contributed by atoms with Gasteiger partial charge in [-0.15, -0.1) is 0 Å². The van der Waals surface area contributed by atoms with Gasteiger partial charge in [0.2, 0.25) is 0 Å². The summed E-state index contributed by atoms with van der Waals surface area (Å²) in [5.74, 6) is 0.313. The van der Waals surface area contributed by atoms with Crippen LogP contribution in [-0.2, 0) is 11.9 Å². The average molecular weight is 399 g/mol. The van der Waals surface area contributed by atoms with Crippen LogP contribution in [0.5, 0.6) is 5.75 Å². The van der Waals surface area contributed by atoms with Gasteiger partial charge in [0.15, 0.2) is 0 Å². The van der Waals surface area contributed by atoms with Gasteiger partial charge in [-0.1, -0.05) is 31.9 Å². The molecule has 5 heteroatoms. The Morgan fingerprint density at radius 2 is 1.95 bits per heavy atom. The van der Waals surface area contributed by atoms with E-state index in [1.165, 1.54) is 18.2 Å². The quantitative estimate of drug-likeness (QED) is 0.683. The molecule has 2 aromatic rings. The molecule has 2 rings (SSSR count). The summed E-state index contributed by atoms with van der Waals surface area (Å²) in [6.07, 6.45) is 0. The van der Waals surface area contributed by atoms with Crippen molar-refractivity contribution in [2.45, 2.75) is 11.9 Å². The summed E-state index contributed by atoms with van der Waals surface area (Å²) in [7, 11) is 0. The molecule has 102 valence electrons. The third-order valence-corrected chi connectivity index (χ3v) is 3.82. The van der Waals surface area contributed by atoms with E-state index >= 15 is 0 Å². The predicted molar refractivity (Wildman–Crippen MR) is 82.2 cm³/mol. The summed E-state index contributed by atoms with van der Waals surface area (Å²) in [6, 6.07) is 11.8. The van der Waals surface area contributed by atoms with Crippen LogP contribution in [0, 0.1) is 17.1 Å². The summed E-state index contributed by atoms with van der Waals surface area (Å²) in [4.78, 5) is 0. The van der Waals surface area contributed by atoms with Gasteiger partial charge in [0.05, 0.1) is 11.6 Å². The number of hydrogen-bond donors (Lipinski definition) is 0. The molecular formula is C15H10Br2FNO. The maximum Gasteiger partial charge on any atom is 0.129 e.